The van der Waals surface area contributed by atoms with Crippen molar-refractivity contribution in [3.63, 3.8) is 0 Å². The van der Waals surface area contributed by atoms with E-state index < -0.39 is 39.7 Å². The molecule has 1 aliphatic rings. The van der Waals surface area contributed by atoms with Gasteiger partial charge in [-0.1, -0.05) is 0 Å². The second kappa shape index (κ2) is 15.3. The number of quaternary nitrogens is 5. The topological polar surface area (TPSA) is 244 Å². The molecule has 35 heavy (non-hydrogen) atoms. The minimum atomic E-state index is -4.65. The average molecular weight is 549 g/mol. The van der Waals surface area contributed by atoms with Crippen LogP contribution in [-0.4, -0.2) is 111 Å². The summed E-state index contributed by atoms with van der Waals surface area (Å²) >= 11 is 0. The molecule has 0 aromatic rings. The summed E-state index contributed by atoms with van der Waals surface area (Å²) in [5.41, 5.74) is 3.81. The van der Waals surface area contributed by atoms with Gasteiger partial charge in [0, 0.05) is 6.42 Å². The maximum atomic E-state index is 11.6. The standard InChI is InChI=1S/C18H39N5O10P2/c19-4-2-1-3-16-11-22(12-17(24)25)8-7-20(14-34(28,29)30)5-6-21(15-35(31,32)33)9-10-23(16)13-18(26)27/h16H,1-15,19H2,(H,24,25)(H,26,27)(H2,28,29,30)(H2,31,32,33)/p+2. The van der Waals surface area contributed by atoms with Crippen LogP contribution in [0, 0.1) is 0 Å². The van der Waals surface area contributed by atoms with Gasteiger partial charge < -0.3 is 69.0 Å². The minimum absolute atomic E-state index is 0.141. The lowest BCUT2D eigenvalue weighted by atomic mass is 10.1. The smallest absolute Gasteiger partial charge is 0.359 e. The van der Waals surface area contributed by atoms with Crippen LogP contribution in [0.15, 0.2) is 0 Å². The van der Waals surface area contributed by atoms with Crippen molar-refractivity contribution in [2.45, 2.75) is 25.3 Å². The molecule has 0 aromatic heterocycles. The first-order valence-electron chi connectivity index (χ1n) is 11.8. The minimum Gasteiger partial charge on any atom is -0.775 e. The fourth-order valence-corrected chi connectivity index (χ4v) is 6.40. The van der Waals surface area contributed by atoms with Crippen molar-refractivity contribution in [1.82, 2.24) is 0 Å². The predicted octanol–water partition coefficient (Wildman–Crippen LogP) is -10.8. The normalized spacial score (nSPS) is 30.3. The Morgan fingerprint density at radius 3 is 1.77 bits per heavy atom. The number of aliphatic carboxylic acids is 2. The summed E-state index contributed by atoms with van der Waals surface area (Å²) < 4.78 is 23.1. The molecular weight excluding hydrogens is 508 g/mol. The molecule has 17 heteroatoms. The third-order valence-electron chi connectivity index (χ3n) is 6.25. The monoisotopic (exact) mass is 549 g/mol. The molecule has 0 aromatic carbocycles. The maximum Gasteiger partial charge on any atom is 0.359 e. The van der Waals surface area contributed by atoms with Gasteiger partial charge in [-0.15, -0.1) is 0 Å². The van der Waals surface area contributed by atoms with E-state index in [-0.39, 0.29) is 58.4 Å². The zero-order valence-electron chi connectivity index (χ0n) is 20.0. The SMILES string of the molecule is [NH3+]CCCCC1C[NH+](CC(=O)[O-])CC[NH+](CP(=O)([O-])O)CC[NH+](CP(=O)([O-])O)CC[NH+]1CC(=O)O. The highest BCUT2D eigenvalue weighted by molar-refractivity contribution is 7.50. The molecule has 206 valence electrons. The van der Waals surface area contributed by atoms with Crippen molar-refractivity contribution < 1.29 is 73.8 Å². The van der Waals surface area contributed by atoms with E-state index in [9.17, 15) is 48.5 Å². The Morgan fingerprint density at radius 1 is 0.857 bits per heavy atom. The lowest BCUT2D eigenvalue weighted by molar-refractivity contribution is -1.01. The molecule has 1 rings (SSSR count). The Hall–Kier alpha value is -0.960. The number of carbonyl (C=O) groups is 2. The Morgan fingerprint density at radius 2 is 1.34 bits per heavy atom. The van der Waals surface area contributed by atoms with E-state index in [2.05, 4.69) is 5.73 Å². The lowest BCUT2D eigenvalue weighted by Crippen LogP contribution is -3.30. The first kappa shape index (κ1) is 32.1. The van der Waals surface area contributed by atoms with E-state index >= 15 is 0 Å². The molecule has 0 spiro atoms. The molecule has 0 amide bonds. The summed E-state index contributed by atoms with van der Waals surface area (Å²) in [6.45, 7) is 1.55. The number of hydrogen-bond donors (Lipinski definition) is 8. The van der Waals surface area contributed by atoms with E-state index in [1.54, 1.807) is 0 Å². The fraction of sp³-hybridized carbons (Fsp3) is 0.889. The van der Waals surface area contributed by atoms with Crippen molar-refractivity contribution in [2.75, 3.05) is 78.0 Å². The summed E-state index contributed by atoms with van der Waals surface area (Å²) in [5.74, 6) is -2.33. The van der Waals surface area contributed by atoms with Crippen LogP contribution in [0.5, 0.6) is 0 Å². The summed E-state index contributed by atoms with van der Waals surface area (Å²) in [7, 11) is -9.31. The summed E-state index contributed by atoms with van der Waals surface area (Å²) in [6, 6.07) is -0.257. The third kappa shape index (κ3) is 15.7. The quantitative estimate of drug-likeness (QED) is 0.0844. The van der Waals surface area contributed by atoms with Gasteiger partial charge in [-0.05, 0) is 12.8 Å². The molecule has 1 saturated heterocycles. The average Bonchev–Trinajstić information content (AvgIpc) is 2.68. The van der Waals surface area contributed by atoms with Crippen molar-refractivity contribution in [1.29, 1.82) is 0 Å². The number of carboxylic acid groups (broad SMARTS) is 2. The molecule has 10 N–H and O–H groups in total. The van der Waals surface area contributed by atoms with Gasteiger partial charge in [0.15, 0.2) is 21.7 Å². The number of hydrogen-bond acceptors (Lipinski definition) is 7. The summed E-state index contributed by atoms with van der Waals surface area (Å²) in [6.07, 6.45) is 0.966. The van der Waals surface area contributed by atoms with Crippen molar-refractivity contribution in [2.24, 2.45) is 0 Å². The predicted molar refractivity (Wildman–Crippen MR) is 115 cm³/mol. The molecule has 1 aliphatic heterocycles. The highest BCUT2D eigenvalue weighted by atomic mass is 31.2. The number of rotatable bonds is 12. The lowest BCUT2D eigenvalue weighted by Gasteiger charge is -2.34. The van der Waals surface area contributed by atoms with Crippen LogP contribution in [0.2, 0.25) is 0 Å². The molecule has 7 atom stereocenters. The molecule has 1 fully saturated rings. The zero-order chi connectivity index (χ0) is 26.6. The van der Waals surface area contributed by atoms with Gasteiger partial charge in [-0.25, -0.2) is 4.79 Å². The molecular formula is C18H41N5O10P2+2. The van der Waals surface area contributed by atoms with Gasteiger partial charge in [0.1, 0.15) is 71.0 Å². The van der Waals surface area contributed by atoms with Crippen molar-refractivity contribution >= 4 is 27.1 Å². The molecule has 1 heterocycles. The Labute approximate surface area is 204 Å². The largest absolute Gasteiger partial charge is 0.775 e. The number of carbonyl (C=O) groups excluding carboxylic acids is 1. The van der Waals surface area contributed by atoms with Gasteiger partial charge in [-0.3, -0.25) is 0 Å². The highest BCUT2D eigenvalue weighted by Gasteiger charge is 2.32. The van der Waals surface area contributed by atoms with Crippen LogP contribution in [0.3, 0.4) is 0 Å². The first-order chi connectivity index (χ1) is 16.2. The maximum absolute atomic E-state index is 11.6. The zero-order valence-corrected chi connectivity index (χ0v) is 21.8. The van der Waals surface area contributed by atoms with Gasteiger partial charge in [0.2, 0.25) is 0 Å². The Bertz CT molecular complexity index is 764. The molecule has 15 nitrogen and oxygen atoms in total. The number of nitrogens with one attached hydrogen (secondary N) is 4. The molecule has 7 unspecified atom stereocenters. The Balaban J connectivity index is 3.26. The van der Waals surface area contributed by atoms with Crippen LogP contribution >= 0.6 is 15.2 Å². The van der Waals surface area contributed by atoms with Crippen LogP contribution in [0.25, 0.3) is 0 Å². The van der Waals surface area contributed by atoms with E-state index in [0.717, 1.165) is 12.8 Å². The van der Waals surface area contributed by atoms with Crippen LogP contribution in [0.4, 0.5) is 0 Å². The van der Waals surface area contributed by atoms with Crippen LogP contribution < -0.4 is 40.2 Å². The first-order valence-corrected chi connectivity index (χ1v) is 15.3. The molecule has 0 bridgehead atoms. The van der Waals surface area contributed by atoms with E-state index in [1.165, 1.54) is 0 Å². The molecule has 0 radical (unpaired) electrons. The van der Waals surface area contributed by atoms with Crippen molar-refractivity contribution in [3.8, 4) is 0 Å². The van der Waals surface area contributed by atoms with Gasteiger partial charge >= 0.3 is 5.97 Å². The third-order valence-corrected chi connectivity index (χ3v) is 7.94. The summed E-state index contributed by atoms with van der Waals surface area (Å²) in [5, 5.41) is 20.9. The summed E-state index contributed by atoms with van der Waals surface area (Å²) in [4.78, 5) is 67.0. The van der Waals surface area contributed by atoms with E-state index in [1.807, 2.05) is 0 Å². The Kier molecular flexibility index (Phi) is 14.0. The van der Waals surface area contributed by atoms with Gasteiger partial charge in [0.25, 0.3) is 0 Å². The second-order valence-corrected chi connectivity index (χ2v) is 12.6. The highest BCUT2D eigenvalue weighted by Crippen LogP contribution is 2.24. The molecule has 0 saturated carbocycles. The van der Waals surface area contributed by atoms with Crippen LogP contribution in [-0.2, 0) is 18.7 Å². The van der Waals surface area contributed by atoms with Crippen molar-refractivity contribution in [3.05, 3.63) is 0 Å². The van der Waals surface area contributed by atoms with E-state index in [4.69, 9.17) is 0 Å². The second-order valence-electron chi connectivity index (χ2n) is 9.37. The molecule has 0 aliphatic carbocycles. The van der Waals surface area contributed by atoms with Gasteiger partial charge in [0.05, 0.1) is 12.5 Å². The number of unbranched alkanes of at least 4 members (excludes halogenated alkanes) is 1. The van der Waals surface area contributed by atoms with Crippen LogP contribution in [0.1, 0.15) is 19.3 Å². The van der Waals surface area contributed by atoms with Gasteiger partial charge in [-0.2, -0.15) is 0 Å². The fourth-order valence-electron chi connectivity index (χ4n) is 4.64. The van der Waals surface area contributed by atoms with E-state index in [0.29, 0.717) is 39.1 Å². The number of carboxylic acids is 2.